The van der Waals surface area contributed by atoms with Crippen LogP contribution < -0.4 is 4.74 Å². The number of pyridine rings is 1. The average Bonchev–Trinajstić information content (AvgIpc) is 2.39. The third kappa shape index (κ3) is 3.37. The first-order chi connectivity index (χ1) is 9.13. The molecule has 0 radical (unpaired) electrons. The molecule has 0 saturated carbocycles. The van der Waals surface area contributed by atoms with E-state index in [0.29, 0.717) is 6.61 Å². The lowest BCUT2D eigenvalue weighted by Gasteiger charge is -2.15. The Balaban J connectivity index is 2.25. The molecule has 2 aromatic rings. The minimum absolute atomic E-state index is 0.563. The van der Waals surface area contributed by atoms with Gasteiger partial charge in [-0.15, -0.1) is 0 Å². The van der Waals surface area contributed by atoms with Crippen molar-refractivity contribution in [3.8, 4) is 5.75 Å². The minimum atomic E-state index is 0.563. The van der Waals surface area contributed by atoms with Crippen molar-refractivity contribution in [2.24, 2.45) is 0 Å². The predicted molar refractivity (Wildman–Crippen MR) is 84.8 cm³/mol. The number of alkyl halides is 1. The number of aryl methyl sites for hydroxylation is 1. The molecular formula is C15H15Br2NO. The molecule has 0 atom stereocenters. The van der Waals surface area contributed by atoms with E-state index in [1.807, 2.05) is 25.1 Å². The number of hydrogen-bond donors (Lipinski definition) is 0. The van der Waals surface area contributed by atoms with Crippen LogP contribution in [0.15, 0.2) is 34.9 Å². The van der Waals surface area contributed by atoms with E-state index in [-0.39, 0.29) is 0 Å². The highest BCUT2D eigenvalue weighted by molar-refractivity contribution is 9.10. The second kappa shape index (κ2) is 6.53. The van der Waals surface area contributed by atoms with Crippen molar-refractivity contribution in [1.29, 1.82) is 0 Å². The van der Waals surface area contributed by atoms with Gasteiger partial charge in [0.05, 0.1) is 5.69 Å². The molecule has 0 saturated heterocycles. The fourth-order valence-electron chi connectivity index (χ4n) is 1.93. The molecule has 0 N–H and O–H groups in total. The molecular weight excluding hydrogens is 370 g/mol. The Morgan fingerprint density at radius 2 is 1.84 bits per heavy atom. The van der Waals surface area contributed by atoms with Crippen LogP contribution in [0.25, 0.3) is 0 Å². The van der Waals surface area contributed by atoms with Crippen LogP contribution >= 0.6 is 31.9 Å². The quantitative estimate of drug-likeness (QED) is 0.550. The fourth-order valence-corrected chi connectivity index (χ4v) is 3.69. The van der Waals surface area contributed by atoms with Crippen molar-refractivity contribution in [2.45, 2.75) is 25.8 Å². The highest BCUT2D eigenvalue weighted by Crippen LogP contribution is 2.31. The molecule has 0 fully saturated rings. The second-order valence-electron chi connectivity index (χ2n) is 4.33. The van der Waals surface area contributed by atoms with Crippen LogP contribution in [0.5, 0.6) is 5.75 Å². The van der Waals surface area contributed by atoms with Gasteiger partial charge in [0, 0.05) is 10.9 Å². The summed E-state index contributed by atoms with van der Waals surface area (Å²) in [5, 5.41) is 0.758. The minimum Gasteiger partial charge on any atom is -0.487 e. The monoisotopic (exact) mass is 383 g/mol. The number of benzene rings is 1. The Morgan fingerprint density at radius 1 is 1.16 bits per heavy atom. The highest BCUT2D eigenvalue weighted by atomic mass is 79.9. The van der Waals surface area contributed by atoms with Gasteiger partial charge in [0.15, 0.2) is 0 Å². The molecule has 1 heterocycles. The topological polar surface area (TPSA) is 22.1 Å². The molecule has 0 spiro atoms. The lowest BCUT2D eigenvalue weighted by Crippen LogP contribution is -2.03. The van der Waals surface area contributed by atoms with Crippen molar-refractivity contribution >= 4 is 31.9 Å². The summed E-state index contributed by atoms with van der Waals surface area (Å²) in [5.74, 6) is 0.876. The SMILES string of the molecule is Cc1nc(Br)c(CBr)c(C)c1OCc1ccccc1. The maximum absolute atomic E-state index is 5.95. The van der Waals surface area contributed by atoms with Crippen LogP contribution in [0.3, 0.4) is 0 Å². The van der Waals surface area contributed by atoms with Crippen LogP contribution in [-0.4, -0.2) is 4.98 Å². The molecule has 0 amide bonds. The van der Waals surface area contributed by atoms with Gasteiger partial charge in [-0.05, 0) is 40.9 Å². The Bertz CT molecular complexity index is 570. The number of ether oxygens (including phenoxy) is 1. The Kier molecular flexibility index (Phi) is 4.99. The molecule has 19 heavy (non-hydrogen) atoms. The number of rotatable bonds is 4. The van der Waals surface area contributed by atoms with E-state index in [0.717, 1.165) is 38.1 Å². The van der Waals surface area contributed by atoms with E-state index < -0.39 is 0 Å². The summed E-state index contributed by atoms with van der Waals surface area (Å²) in [7, 11) is 0. The largest absolute Gasteiger partial charge is 0.487 e. The normalized spacial score (nSPS) is 10.5. The first-order valence-corrected chi connectivity index (χ1v) is 7.93. The third-order valence-corrected chi connectivity index (χ3v) is 4.21. The lowest BCUT2D eigenvalue weighted by molar-refractivity contribution is 0.300. The molecule has 0 aliphatic heterocycles. The van der Waals surface area contributed by atoms with Gasteiger partial charge < -0.3 is 4.74 Å². The van der Waals surface area contributed by atoms with Crippen LogP contribution in [0.4, 0.5) is 0 Å². The fraction of sp³-hybridized carbons (Fsp3) is 0.267. The number of aromatic nitrogens is 1. The number of halogens is 2. The van der Waals surface area contributed by atoms with E-state index in [2.05, 4.69) is 55.9 Å². The predicted octanol–water partition coefficient (Wildman–Crippen LogP) is 4.93. The molecule has 1 aromatic carbocycles. The highest BCUT2D eigenvalue weighted by Gasteiger charge is 2.13. The van der Waals surface area contributed by atoms with Gasteiger partial charge in [0.25, 0.3) is 0 Å². The van der Waals surface area contributed by atoms with Gasteiger partial charge in [0.2, 0.25) is 0 Å². The van der Waals surface area contributed by atoms with Crippen LogP contribution in [-0.2, 0) is 11.9 Å². The van der Waals surface area contributed by atoms with Crippen molar-refractivity contribution < 1.29 is 4.74 Å². The summed E-state index contributed by atoms with van der Waals surface area (Å²) in [6, 6.07) is 10.2. The van der Waals surface area contributed by atoms with E-state index >= 15 is 0 Å². The van der Waals surface area contributed by atoms with Crippen LogP contribution in [0.1, 0.15) is 22.4 Å². The van der Waals surface area contributed by atoms with E-state index in [9.17, 15) is 0 Å². The van der Waals surface area contributed by atoms with Crippen molar-refractivity contribution in [1.82, 2.24) is 4.98 Å². The van der Waals surface area contributed by atoms with Gasteiger partial charge in [-0.25, -0.2) is 4.98 Å². The van der Waals surface area contributed by atoms with Gasteiger partial charge in [-0.3, -0.25) is 0 Å². The summed E-state index contributed by atoms with van der Waals surface area (Å²) in [4.78, 5) is 4.48. The first kappa shape index (κ1) is 14.5. The smallest absolute Gasteiger partial charge is 0.144 e. The zero-order chi connectivity index (χ0) is 13.8. The van der Waals surface area contributed by atoms with E-state index in [1.165, 1.54) is 0 Å². The molecule has 0 aliphatic carbocycles. The first-order valence-electron chi connectivity index (χ1n) is 6.01. The summed E-state index contributed by atoms with van der Waals surface area (Å²) in [6.07, 6.45) is 0. The summed E-state index contributed by atoms with van der Waals surface area (Å²) < 4.78 is 6.83. The summed E-state index contributed by atoms with van der Waals surface area (Å²) in [6.45, 7) is 4.60. The molecule has 4 heteroatoms. The van der Waals surface area contributed by atoms with Crippen molar-refractivity contribution in [3.63, 3.8) is 0 Å². The Hall–Kier alpha value is -0.870. The molecule has 0 bridgehead atoms. The second-order valence-corrected chi connectivity index (χ2v) is 5.64. The molecule has 100 valence electrons. The summed E-state index contributed by atoms with van der Waals surface area (Å²) >= 11 is 6.98. The van der Waals surface area contributed by atoms with Crippen LogP contribution in [0, 0.1) is 13.8 Å². The summed E-state index contributed by atoms with van der Waals surface area (Å²) in [5.41, 5.74) is 4.33. The molecule has 0 unspecified atom stereocenters. The maximum atomic E-state index is 5.95. The van der Waals surface area contributed by atoms with Crippen molar-refractivity contribution in [2.75, 3.05) is 0 Å². The van der Waals surface area contributed by atoms with Gasteiger partial charge in [-0.2, -0.15) is 0 Å². The molecule has 2 nitrogen and oxygen atoms in total. The van der Waals surface area contributed by atoms with Crippen molar-refractivity contribution in [3.05, 3.63) is 57.3 Å². The Labute approximate surface area is 130 Å². The van der Waals surface area contributed by atoms with E-state index in [1.54, 1.807) is 0 Å². The zero-order valence-electron chi connectivity index (χ0n) is 10.9. The van der Waals surface area contributed by atoms with E-state index in [4.69, 9.17) is 4.74 Å². The van der Waals surface area contributed by atoms with Crippen LogP contribution in [0.2, 0.25) is 0 Å². The molecule has 2 rings (SSSR count). The number of nitrogens with zero attached hydrogens (tertiary/aromatic N) is 1. The maximum Gasteiger partial charge on any atom is 0.144 e. The average molecular weight is 385 g/mol. The standard InChI is InChI=1S/C15H15Br2NO/c1-10-13(8-16)15(17)18-11(2)14(10)19-9-12-6-4-3-5-7-12/h3-7H,8-9H2,1-2H3. The van der Waals surface area contributed by atoms with Gasteiger partial charge in [-0.1, -0.05) is 46.3 Å². The zero-order valence-corrected chi connectivity index (χ0v) is 14.1. The lowest BCUT2D eigenvalue weighted by atomic mass is 10.1. The molecule has 0 aliphatic rings. The van der Waals surface area contributed by atoms with Gasteiger partial charge in [0.1, 0.15) is 17.0 Å². The molecule has 1 aromatic heterocycles. The third-order valence-electron chi connectivity index (χ3n) is 3.00. The number of hydrogen-bond acceptors (Lipinski definition) is 2. The Morgan fingerprint density at radius 3 is 2.47 bits per heavy atom. The van der Waals surface area contributed by atoms with Gasteiger partial charge >= 0.3 is 0 Å².